The van der Waals surface area contributed by atoms with Crippen LogP contribution in [0.15, 0.2) is 53.1 Å². The van der Waals surface area contributed by atoms with E-state index in [0.717, 1.165) is 11.3 Å². The van der Waals surface area contributed by atoms with E-state index < -0.39 is 12.1 Å². The zero-order valence-corrected chi connectivity index (χ0v) is 14.4. The molecule has 7 heteroatoms. The lowest BCUT2D eigenvalue weighted by molar-refractivity contribution is -0.136. The van der Waals surface area contributed by atoms with E-state index in [4.69, 9.17) is 19.1 Å². The molecule has 1 aromatic heterocycles. The number of methoxy groups -OCH3 is 1. The van der Waals surface area contributed by atoms with Crippen LogP contribution in [0.4, 0.5) is 0 Å². The third-order valence-electron chi connectivity index (χ3n) is 3.73. The fraction of sp³-hybridized carbons (Fsp3) is 0.211. The van der Waals surface area contributed by atoms with E-state index in [2.05, 4.69) is 10.1 Å². The quantitative estimate of drug-likeness (QED) is 0.693. The number of carboxylic acid groups (broad SMARTS) is 1. The Bertz CT molecular complexity index is 872. The molecule has 0 amide bonds. The minimum Gasteiger partial charge on any atom is -0.497 e. The minimum atomic E-state index is -0.871. The average molecular weight is 354 g/mol. The second-order valence-electron chi connectivity index (χ2n) is 5.66. The molecule has 0 aliphatic rings. The number of hydrogen-bond acceptors (Lipinski definition) is 6. The van der Waals surface area contributed by atoms with Crippen molar-refractivity contribution in [2.45, 2.75) is 19.4 Å². The van der Waals surface area contributed by atoms with Gasteiger partial charge in [-0.3, -0.25) is 4.79 Å². The van der Waals surface area contributed by atoms with Crippen LogP contribution in [0.1, 0.15) is 24.5 Å². The van der Waals surface area contributed by atoms with Gasteiger partial charge in [-0.2, -0.15) is 4.98 Å². The van der Waals surface area contributed by atoms with Crippen LogP contribution in [0.5, 0.6) is 11.5 Å². The van der Waals surface area contributed by atoms with Crippen LogP contribution in [0.2, 0.25) is 0 Å². The van der Waals surface area contributed by atoms with E-state index in [9.17, 15) is 4.79 Å². The summed E-state index contributed by atoms with van der Waals surface area (Å²) >= 11 is 0. The highest BCUT2D eigenvalue weighted by molar-refractivity contribution is 5.70. The van der Waals surface area contributed by atoms with Gasteiger partial charge in [0.15, 0.2) is 6.10 Å². The molecule has 0 spiro atoms. The molecule has 2 aromatic carbocycles. The van der Waals surface area contributed by atoms with Crippen LogP contribution in [-0.4, -0.2) is 28.3 Å². The Morgan fingerprint density at radius 1 is 1.12 bits per heavy atom. The van der Waals surface area contributed by atoms with Crippen molar-refractivity contribution >= 4 is 5.97 Å². The van der Waals surface area contributed by atoms with E-state index in [1.165, 1.54) is 0 Å². The highest BCUT2D eigenvalue weighted by Gasteiger charge is 2.17. The summed E-state index contributed by atoms with van der Waals surface area (Å²) in [6.45, 7) is 1.80. The SMILES string of the molecule is COc1ccc(-c2noc(C(C)Oc3ccc(CC(=O)O)cc3)n2)cc1. The topological polar surface area (TPSA) is 94.7 Å². The van der Waals surface area contributed by atoms with Gasteiger partial charge in [0.25, 0.3) is 5.89 Å². The summed E-state index contributed by atoms with van der Waals surface area (Å²) in [5, 5.41) is 12.8. The smallest absolute Gasteiger partial charge is 0.307 e. The first kappa shape index (κ1) is 17.5. The lowest BCUT2D eigenvalue weighted by Gasteiger charge is -2.10. The van der Waals surface area contributed by atoms with Gasteiger partial charge in [-0.05, 0) is 48.9 Å². The van der Waals surface area contributed by atoms with E-state index in [1.54, 1.807) is 38.3 Å². The molecule has 3 aromatic rings. The molecule has 134 valence electrons. The van der Waals surface area contributed by atoms with Gasteiger partial charge in [-0.25, -0.2) is 0 Å². The Morgan fingerprint density at radius 2 is 1.77 bits per heavy atom. The van der Waals surface area contributed by atoms with Crippen LogP contribution in [0.3, 0.4) is 0 Å². The summed E-state index contributed by atoms with van der Waals surface area (Å²) in [4.78, 5) is 15.1. The van der Waals surface area contributed by atoms with E-state index in [-0.39, 0.29) is 6.42 Å². The maximum atomic E-state index is 10.7. The van der Waals surface area contributed by atoms with Crippen LogP contribution in [0.25, 0.3) is 11.4 Å². The second kappa shape index (κ2) is 7.69. The van der Waals surface area contributed by atoms with Gasteiger partial charge in [0, 0.05) is 5.56 Å². The predicted molar refractivity (Wildman–Crippen MR) is 93.1 cm³/mol. The summed E-state index contributed by atoms with van der Waals surface area (Å²) in [7, 11) is 1.61. The first-order valence-corrected chi connectivity index (χ1v) is 8.00. The molecule has 26 heavy (non-hydrogen) atoms. The Labute approximate surface area is 150 Å². The number of aromatic nitrogens is 2. The van der Waals surface area contributed by atoms with Crippen molar-refractivity contribution < 1.29 is 23.9 Å². The molecule has 0 aliphatic heterocycles. The van der Waals surface area contributed by atoms with Gasteiger partial charge >= 0.3 is 5.97 Å². The van der Waals surface area contributed by atoms with Gasteiger partial charge < -0.3 is 19.1 Å². The van der Waals surface area contributed by atoms with E-state index in [1.807, 2.05) is 24.3 Å². The maximum absolute atomic E-state index is 10.7. The van der Waals surface area contributed by atoms with Crippen LogP contribution >= 0.6 is 0 Å². The van der Waals surface area contributed by atoms with Crippen molar-refractivity contribution in [2.24, 2.45) is 0 Å². The highest BCUT2D eigenvalue weighted by atomic mass is 16.5. The Morgan fingerprint density at radius 3 is 2.38 bits per heavy atom. The van der Waals surface area contributed by atoms with Gasteiger partial charge in [-0.15, -0.1) is 0 Å². The number of carbonyl (C=O) groups is 1. The van der Waals surface area contributed by atoms with Gasteiger partial charge in [0.05, 0.1) is 13.5 Å². The molecular formula is C19H18N2O5. The normalized spacial score (nSPS) is 11.8. The van der Waals surface area contributed by atoms with E-state index in [0.29, 0.717) is 23.0 Å². The van der Waals surface area contributed by atoms with Gasteiger partial charge in [0.1, 0.15) is 11.5 Å². The standard InChI is InChI=1S/C19H18N2O5/c1-12(25-16-7-3-13(4-8-16)11-17(22)23)19-20-18(21-26-19)14-5-9-15(24-2)10-6-14/h3-10,12H,11H2,1-2H3,(H,22,23). The Kier molecular flexibility index (Phi) is 5.17. The number of hydrogen-bond donors (Lipinski definition) is 1. The molecule has 1 atom stereocenters. The van der Waals surface area contributed by atoms with Crippen LogP contribution < -0.4 is 9.47 Å². The highest BCUT2D eigenvalue weighted by Crippen LogP contribution is 2.24. The zero-order valence-electron chi connectivity index (χ0n) is 14.4. The lowest BCUT2D eigenvalue weighted by Crippen LogP contribution is -2.04. The third kappa shape index (κ3) is 4.18. The number of nitrogens with zero attached hydrogens (tertiary/aromatic N) is 2. The molecule has 0 aliphatic carbocycles. The molecule has 1 N–H and O–H groups in total. The number of carboxylic acids is 1. The van der Waals surface area contributed by atoms with Crippen molar-refractivity contribution in [3.63, 3.8) is 0 Å². The third-order valence-corrected chi connectivity index (χ3v) is 3.73. The number of aliphatic carboxylic acids is 1. The number of ether oxygens (including phenoxy) is 2. The van der Waals surface area contributed by atoms with E-state index >= 15 is 0 Å². The predicted octanol–water partition coefficient (Wildman–Crippen LogP) is 3.51. The second-order valence-corrected chi connectivity index (χ2v) is 5.66. The maximum Gasteiger partial charge on any atom is 0.307 e. The molecule has 0 fully saturated rings. The molecule has 1 heterocycles. The number of rotatable bonds is 7. The molecule has 0 saturated carbocycles. The summed E-state index contributed by atoms with van der Waals surface area (Å²) in [5.41, 5.74) is 1.52. The summed E-state index contributed by atoms with van der Waals surface area (Å²) < 4.78 is 16.2. The fourth-order valence-electron chi connectivity index (χ4n) is 2.37. The van der Waals surface area contributed by atoms with Crippen molar-refractivity contribution in [3.05, 3.63) is 60.0 Å². The average Bonchev–Trinajstić information content (AvgIpc) is 3.13. The van der Waals surface area contributed by atoms with Gasteiger partial charge in [0.2, 0.25) is 5.82 Å². The molecule has 1 unspecified atom stereocenters. The lowest BCUT2D eigenvalue weighted by atomic mass is 10.1. The zero-order chi connectivity index (χ0) is 18.5. The summed E-state index contributed by atoms with van der Waals surface area (Å²) in [6, 6.07) is 14.2. The van der Waals surface area contributed by atoms with Gasteiger partial charge in [-0.1, -0.05) is 17.3 Å². The molecule has 0 radical (unpaired) electrons. The fourth-order valence-corrected chi connectivity index (χ4v) is 2.37. The van der Waals surface area contributed by atoms with Crippen molar-refractivity contribution in [1.29, 1.82) is 0 Å². The van der Waals surface area contributed by atoms with Crippen molar-refractivity contribution in [1.82, 2.24) is 10.1 Å². The first-order valence-electron chi connectivity index (χ1n) is 8.00. The first-order chi connectivity index (χ1) is 12.5. The van der Waals surface area contributed by atoms with Crippen LogP contribution in [0, 0.1) is 0 Å². The Balaban J connectivity index is 1.67. The summed E-state index contributed by atoms with van der Waals surface area (Å²) in [6.07, 6.45) is -0.468. The Hall–Kier alpha value is -3.35. The molecule has 0 bridgehead atoms. The molecule has 3 rings (SSSR count). The van der Waals surface area contributed by atoms with Crippen molar-refractivity contribution in [3.8, 4) is 22.9 Å². The summed E-state index contributed by atoms with van der Waals surface area (Å²) in [5.74, 6) is 1.29. The van der Waals surface area contributed by atoms with Crippen LogP contribution in [-0.2, 0) is 11.2 Å². The van der Waals surface area contributed by atoms with Crippen molar-refractivity contribution in [2.75, 3.05) is 7.11 Å². The minimum absolute atomic E-state index is 0.0231. The molecular weight excluding hydrogens is 336 g/mol. The molecule has 7 nitrogen and oxygen atoms in total. The largest absolute Gasteiger partial charge is 0.497 e. The monoisotopic (exact) mass is 354 g/mol. The number of benzene rings is 2. The molecule has 0 saturated heterocycles.